The van der Waals surface area contributed by atoms with Crippen LogP contribution in [0.1, 0.15) is 41.7 Å². The van der Waals surface area contributed by atoms with E-state index in [0.717, 1.165) is 0 Å². The summed E-state index contributed by atoms with van der Waals surface area (Å²) < 4.78 is 28.0. The molecule has 0 unspecified atom stereocenters. The fourth-order valence-electron chi connectivity index (χ4n) is 4.10. The van der Waals surface area contributed by atoms with Crippen LogP contribution < -0.4 is 14.8 Å². The number of aryl methyl sites for hydroxylation is 1. The maximum Gasteiger partial charge on any atom is 0.305 e. The Hall–Kier alpha value is -3.56. The molecule has 1 N–H and O–H groups in total. The van der Waals surface area contributed by atoms with Crippen LogP contribution in [0.2, 0.25) is 5.02 Å². The van der Waals surface area contributed by atoms with Gasteiger partial charge in [-0.25, -0.2) is 4.98 Å². The number of aromatic nitrogens is 1. The van der Waals surface area contributed by atoms with Gasteiger partial charge < -0.3 is 28.7 Å². The Bertz CT molecular complexity index is 1240. The van der Waals surface area contributed by atoms with Crippen molar-refractivity contribution in [3.63, 3.8) is 0 Å². The van der Waals surface area contributed by atoms with Crippen molar-refractivity contribution in [2.24, 2.45) is 0 Å². The molecule has 1 aliphatic heterocycles. The molecule has 190 valence electrons. The largest absolute Gasteiger partial charge is 0.493 e. The lowest BCUT2D eigenvalue weighted by Crippen LogP contribution is -2.31. The number of hydrogen-bond acceptors (Lipinski definition) is 8. The minimum atomic E-state index is -0.918. The van der Waals surface area contributed by atoms with Gasteiger partial charge in [-0.15, -0.1) is 0 Å². The van der Waals surface area contributed by atoms with Crippen molar-refractivity contribution in [3.8, 4) is 11.5 Å². The third kappa shape index (κ3) is 5.63. The highest BCUT2D eigenvalue weighted by atomic mass is 35.5. The van der Waals surface area contributed by atoms with Gasteiger partial charge in [-0.2, -0.15) is 0 Å². The van der Waals surface area contributed by atoms with Gasteiger partial charge >= 0.3 is 5.97 Å². The Morgan fingerprint density at radius 2 is 1.97 bits per heavy atom. The number of ether oxygens (including phenoxy) is 4. The van der Waals surface area contributed by atoms with Gasteiger partial charge in [0.25, 0.3) is 5.91 Å². The van der Waals surface area contributed by atoms with Crippen LogP contribution in [0.4, 0.5) is 5.69 Å². The first-order valence-electron chi connectivity index (χ1n) is 11.4. The fraction of sp³-hybridized carbons (Fsp3) is 0.346. The van der Waals surface area contributed by atoms with Gasteiger partial charge in [0.1, 0.15) is 18.0 Å². The van der Waals surface area contributed by atoms with Crippen molar-refractivity contribution >= 4 is 29.2 Å². The minimum absolute atomic E-state index is 0.105. The van der Waals surface area contributed by atoms with Crippen LogP contribution in [0, 0.1) is 0 Å². The summed E-state index contributed by atoms with van der Waals surface area (Å²) in [6, 6.07) is 10.7. The van der Waals surface area contributed by atoms with Crippen molar-refractivity contribution < 1.29 is 33.0 Å². The molecule has 1 amide bonds. The molecule has 0 bridgehead atoms. The van der Waals surface area contributed by atoms with Crippen LogP contribution in [0.15, 0.2) is 47.0 Å². The highest BCUT2D eigenvalue weighted by Crippen LogP contribution is 2.43. The zero-order valence-corrected chi connectivity index (χ0v) is 21.0. The van der Waals surface area contributed by atoms with Crippen molar-refractivity contribution in [2.75, 3.05) is 26.6 Å². The average molecular weight is 515 g/mol. The number of anilines is 1. The van der Waals surface area contributed by atoms with E-state index < -0.39 is 12.2 Å². The van der Waals surface area contributed by atoms with Gasteiger partial charge in [-0.3, -0.25) is 9.59 Å². The number of halogens is 1. The molecule has 2 atom stereocenters. The van der Waals surface area contributed by atoms with Gasteiger partial charge in [0.2, 0.25) is 0 Å². The van der Waals surface area contributed by atoms with Crippen molar-refractivity contribution in [1.29, 1.82) is 0 Å². The van der Waals surface area contributed by atoms with Crippen LogP contribution in [-0.4, -0.2) is 44.3 Å². The molecule has 0 saturated heterocycles. The number of carbonyl (C=O) groups is 2. The van der Waals surface area contributed by atoms with Gasteiger partial charge in [-0.05, 0) is 30.7 Å². The first-order valence-corrected chi connectivity index (χ1v) is 11.8. The number of methoxy groups -OCH3 is 3. The average Bonchev–Trinajstić information content (AvgIpc) is 3.28. The minimum Gasteiger partial charge on any atom is -0.493 e. The van der Waals surface area contributed by atoms with E-state index in [-0.39, 0.29) is 24.7 Å². The van der Waals surface area contributed by atoms with Gasteiger partial charge in [-0.1, -0.05) is 23.7 Å². The summed E-state index contributed by atoms with van der Waals surface area (Å²) >= 11 is 6.31. The molecule has 0 saturated carbocycles. The maximum atomic E-state index is 13.2. The second-order valence-electron chi connectivity index (χ2n) is 8.16. The molecule has 36 heavy (non-hydrogen) atoms. The van der Waals surface area contributed by atoms with E-state index in [1.165, 1.54) is 7.11 Å². The lowest BCUT2D eigenvalue weighted by molar-refractivity contribution is -0.140. The second kappa shape index (κ2) is 11.5. The van der Waals surface area contributed by atoms with E-state index in [9.17, 15) is 9.59 Å². The molecule has 2 aromatic carbocycles. The molecular formula is C26H27ClN2O7. The number of nitrogens with one attached hydrogen (secondary N) is 1. The Morgan fingerprint density at radius 3 is 2.72 bits per heavy atom. The second-order valence-corrected chi connectivity index (χ2v) is 8.60. The molecule has 9 nitrogen and oxygen atoms in total. The number of hydrogen-bond donors (Lipinski definition) is 1. The van der Waals surface area contributed by atoms with Crippen LogP contribution in [0.5, 0.6) is 11.5 Å². The molecule has 1 aromatic heterocycles. The van der Waals surface area contributed by atoms with E-state index in [0.29, 0.717) is 57.8 Å². The van der Waals surface area contributed by atoms with Gasteiger partial charge in [0, 0.05) is 34.7 Å². The van der Waals surface area contributed by atoms with Crippen molar-refractivity contribution in [2.45, 2.75) is 37.9 Å². The van der Waals surface area contributed by atoms with Crippen LogP contribution in [0.25, 0.3) is 0 Å². The first kappa shape index (κ1) is 25.5. The predicted molar refractivity (Wildman–Crippen MR) is 132 cm³/mol. The molecule has 2 heterocycles. The monoisotopic (exact) mass is 514 g/mol. The van der Waals surface area contributed by atoms with E-state index in [2.05, 4.69) is 15.0 Å². The summed E-state index contributed by atoms with van der Waals surface area (Å²) in [5, 5.41) is 3.43. The standard InChI is InChI=1S/C26H27ClN2O7/c1-32-20-8-5-7-17(25(20)34-3)24-18-12-15(27)10-11-19(18)29-26(31)21(36-24)13-22-28-14-16(35-22)6-4-9-23(30)33-2/h5,7-8,10-12,14,21,24H,4,6,9,13H2,1-3H3,(H,29,31)/t21-,24-/m0/s1. The summed E-state index contributed by atoms with van der Waals surface area (Å²) in [7, 11) is 4.46. The summed E-state index contributed by atoms with van der Waals surface area (Å²) in [5.41, 5.74) is 1.94. The zero-order chi connectivity index (χ0) is 25.7. The van der Waals surface area contributed by atoms with Crippen LogP contribution >= 0.6 is 11.6 Å². The van der Waals surface area contributed by atoms with Crippen LogP contribution in [0.3, 0.4) is 0 Å². The number of rotatable bonds is 9. The SMILES string of the molecule is COC(=O)CCCc1cnc(C[C@@H]2O[C@@H](c3cccc(OC)c3OC)c3cc(Cl)ccc3NC2=O)o1. The maximum absolute atomic E-state index is 13.2. The fourth-order valence-corrected chi connectivity index (χ4v) is 4.28. The lowest BCUT2D eigenvalue weighted by Gasteiger charge is -2.24. The molecule has 10 heteroatoms. The van der Waals surface area contributed by atoms with Crippen molar-refractivity contribution in [3.05, 3.63) is 70.4 Å². The highest BCUT2D eigenvalue weighted by Gasteiger charge is 2.35. The number of para-hydroxylation sites is 1. The zero-order valence-electron chi connectivity index (χ0n) is 20.2. The molecule has 1 aliphatic rings. The Morgan fingerprint density at radius 1 is 1.14 bits per heavy atom. The number of carbonyl (C=O) groups excluding carboxylic acids is 2. The number of benzene rings is 2. The number of esters is 1. The highest BCUT2D eigenvalue weighted by molar-refractivity contribution is 6.30. The number of amides is 1. The smallest absolute Gasteiger partial charge is 0.305 e. The molecule has 0 radical (unpaired) electrons. The topological polar surface area (TPSA) is 109 Å². The molecule has 0 fully saturated rings. The third-order valence-electron chi connectivity index (χ3n) is 5.86. The molecular weight excluding hydrogens is 488 g/mol. The summed E-state index contributed by atoms with van der Waals surface area (Å²) in [4.78, 5) is 28.8. The summed E-state index contributed by atoms with van der Waals surface area (Å²) in [5.74, 6) is 1.37. The lowest BCUT2D eigenvalue weighted by atomic mass is 9.98. The third-order valence-corrected chi connectivity index (χ3v) is 6.09. The Labute approximate surface area is 213 Å². The van der Waals surface area contributed by atoms with E-state index >= 15 is 0 Å². The molecule has 3 aromatic rings. The Balaban J connectivity index is 1.62. The molecule has 0 spiro atoms. The first-order chi connectivity index (χ1) is 17.4. The van der Waals surface area contributed by atoms with Gasteiger partial charge in [0.05, 0.1) is 33.9 Å². The number of oxazole rings is 1. The summed E-state index contributed by atoms with van der Waals surface area (Å²) in [6.07, 6.45) is 1.46. The normalized spacial score (nSPS) is 17.1. The summed E-state index contributed by atoms with van der Waals surface area (Å²) in [6.45, 7) is 0. The Kier molecular flexibility index (Phi) is 8.12. The molecule has 0 aliphatic carbocycles. The molecule has 4 rings (SSSR count). The van der Waals surface area contributed by atoms with E-state index in [1.807, 2.05) is 12.1 Å². The predicted octanol–water partition coefficient (Wildman–Crippen LogP) is 4.51. The van der Waals surface area contributed by atoms with Crippen LogP contribution in [-0.2, 0) is 31.9 Å². The number of nitrogens with zero attached hydrogens (tertiary/aromatic N) is 1. The van der Waals surface area contributed by atoms with Crippen molar-refractivity contribution in [1.82, 2.24) is 4.98 Å². The quantitative estimate of drug-likeness (QED) is 0.415. The van der Waals surface area contributed by atoms with E-state index in [4.69, 9.17) is 30.2 Å². The number of fused-ring (bicyclic) bond motifs is 1. The van der Waals surface area contributed by atoms with E-state index in [1.54, 1.807) is 44.7 Å². The van der Waals surface area contributed by atoms with Gasteiger partial charge in [0.15, 0.2) is 17.4 Å².